The molecule has 4 amide bonds. The monoisotopic (exact) mass is 592 g/mol. The molecule has 0 aromatic heterocycles. The molecular weight excluding hydrogens is 571 g/mol. The minimum atomic E-state index is -0.656. The van der Waals surface area contributed by atoms with Gasteiger partial charge in [0, 0.05) is 11.3 Å². The molecule has 36 heavy (non-hydrogen) atoms. The third kappa shape index (κ3) is 5.90. The number of benzene rings is 3. The van der Waals surface area contributed by atoms with E-state index in [9.17, 15) is 19.6 Å². The number of anilines is 1. The number of hydrogen-bond acceptors (Lipinski definition) is 5. The predicted molar refractivity (Wildman–Crippen MR) is 143 cm³/mol. The number of carbonyl (C=O) groups excluding carboxylic acids is 3. The highest BCUT2D eigenvalue weighted by atomic mass is 127. The number of halogens is 1. The summed E-state index contributed by atoms with van der Waals surface area (Å²) in [6, 6.07) is 21.3. The van der Waals surface area contributed by atoms with E-state index >= 15 is 0 Å². The first kappa shape index (κ1) is 24.9. The fourth-order valence-corrected chi connectivity index (χ4v) is 4.28. The van der Waals surface area contributed by atoms with Gasteiger partial charge in [-0.25, -0.2) is 9.69 Å². The highest BCUT2D eigenvalue weighted by molar-refractivity contribution is 14.1. The molecule has 1 fully saturated rings. The molecule has 0 bridgehead atoms. The number of ether oxygens (including phenoxy) is 1. The van der Waals surface area contributed by atoms with Crippen LogP contribution in [0.2, 0.25) is 0 Å². The van der Waals surface area contributed by atoms with Crippen LogP contribution >= 0.6 is 22.6 Å². The summed E-state index contributed by atoms with van der Waals surface area (Å²) in [5.41, 5.74) is 3.67. The molecule has 1 saturated heterocycles. The molecule has 180 valence electrons. The number of rotatable bonds is 7. The van der Waals surface area contributed by atoms with Crippen molar-refractivity contribution in [2.45, 2.75) is 13.5 Å². The van der Waals surface area contributed by atoms with E-state index in [0.29, 0.717) is 22.6 Å². The van der Waals surface area contributed by atoms with Crippen molar-refractivity contribution in [3.05, 3.63) is 98.3 Å². The van der Waals surface area contributed by atoms with Crippen LogP contribution in [-0.4, -0.2) is 29.3 Å². The number of hydrogen-bond donors (Lipinski definition) is 2. The van der Waals surface area contributed by atoms with Crippen LogP contribution in [0.25, 0.3) is 6.08 Å². The van der Waals surface area contributed by atoms with Crippen molar-refractivity contribution in [1.82, 2.24) is 10.2 Å². The zero-order chi connectivity index (χ0) is 25.7. The van der Waals surface area contributed by atoms with Gasteiger partial charge < -0.3 is 15.4 Å². The van der Waals surface area contributed by atoms with E-state index in [2.05, 4.69) is 39.3 Å². The second kappa shape index (κ2) is 11.0. The molecule has 2 N–H and O–H groups in total. The van der Waals surface area contributed by atoms with Gasteiger partial charge in [0.15, 0.2) is 0 Å². The number of nitrogens with one attached hydrogen (secondary N) is 2. The molecular formula is C27H21IN4O4. The van der Waals surface area contributed by atoms with Crippen molar-refractivity contribution in [2.75, 3.05) is 11.9 Å². The number of nitrogens with zero attached hydrogens (tertiary/aromatic N) is 2. The molecule has 4 rings (SSSR count). The van der Waals surface area contributed by atoms with E-state index in [1.807, 2.05) is 37.3 Å². The molecule has 8 nitrogen and oxygen atoms in total. The van der Waals surface area contributed by atoms with Crippen molar-refractivity contribution in [3.63, 3.8) is 0 Å². The van der Waals surface area contributed by atoms with E-state index < -0.39 is 24.4 Å². The highest BCUT2D eigenvalue weighted by Gasteiger charge is 2.35. The van der Waals surface area contributed by atoms with E-state index in [1.165, 1.54) is 0 Å². The minimum Gasteiger partial charge on any atom is -0.488 e. The Morgan fingerprint density at radius 2 is 1.94 bits per heavy atom. The first-order valence-electron chi connectivity index (χ1n) is 11.0. The van der Waals surface area contributed by atoms with E-state index in [0.717, 1.165) is 19.6 Å². The Balaban J connectivity index is 1.41. The fraction of sp³-hybridized carbons (Fsp3) is 0.111. The summed E-state index contributed by atoms with van der Waals surface area (Å²) in [5.74, 6) is -0.427. The summed E-state index contributed by atoms with van der Waals surface area (Å²) < 4.78 is 6.67. The number of nitriles is 1. The second-order valence-corrected chi connectivity index (χ2v) is 9.21. The van der Waals surface area contributed by atoms with Gasteiger partial charge in [0.2, 0.25) is 5.91 Å². The van der Waals surface area contributed by atoms with E-state index in [4.69, 9.17) is 4.74 Å². The molecule has 0 aliphatic carbocycles. The van der Waals surface area contributed by atoms with Gasteiger partial charge in [-0.15, -0.1) is 0 Å². The standard InChI is InChI=1S/C27H21IN4O4/c1-17-5-4-8-21(11-17)30-25(33)15-32-26(34)23(31-27(32)35)13-18-9-10-24(22(28)12-18)36-16-20-7-3-2-6-19(20)14-29/h2-13H,15-16H2,1H3,(H,30,33)(H,31,35)/b23-13+. The number of aryl methyl sites for hydroxylation is 1. The normalized spacial score (nSPS) is 13.9. The Morgan fingerprint density at radius 1 is 1.14 bits per heavy atom. The van der Waals surface area contributed by atoms with Crippen LogP contribution in [0.3, 0.4) is 0 Å². The average molecular weight is 592 g/mol. The van der Waals surface area contributed by atoms with Gasteiger partial charge in [0.1, 0.15) is 24.6 Å². The van der Waals surface area contributed by atoms with Gasteiger partial charge >= 0.3 is 6.03 Å². The quantitative estimate of drug-likeness (QED) is 0.237. The van der Waals surface area contributed by atoms with Crippen LogP contribution in [0.1, 0.15) is 22.3 Å². The lowest BCUT2D eigenvalue weighted by atomic mass is 10.1. The zero-order valence-electron chi connectivity index (χ0n) is 19.2. The van der Waals surface area contributed by atoms with Crippen LogP contribution in [0, 0.1) is 21.8 Å². The third-order valence-corrected chi connectivity index (χ3v) is 6.20. The maximum atomic E-state index is 12.8. The Kier molecular flexibility index (Phi) is 7.65. The topological polar surface area (TPSA) is 112 Å². The first-order valence-corrected chi connectivity index (χ1v) is 12.0. The van der Waals surface area contributed by atoms with Gasteiger partial charge in [0.05, 0.1) is 15.2 Å². The van der Waals surface area contributed by atoms with Gasteiger partial charge in [-0.05, 0) is 77.0 Å². The third-order valence-electron chi connectivity index (χ3n) is 5.35. The average Bonchev–Trinajstić information content (AvgIpc) is 3.11. The highest BCUT2D eigenvalue weighted by Crippen LogP contribution is 2.25. The van der Waals surface area contributed by atoms with Gasteiger partial charge in [0.25, 0.3) is 5.91 Å². The van der Waals surface area contributed by atoms with Gasteiger partial charge in [-0.3, -0.25) is 9.59 Å². The molecule has 0 spiro atoms. The molecule has 1 aliphatic rings. The number of urea groups is 1. The summed E-state index contributed by atoms with van der Waals surface area (Å²) >= 11 is 2.12. The van der Waals surface area contributed by atoms with Crippen LogP contribution in [-0.2, 0) is 16.2 Å². The van der Waals surface area contributed by atoms with Crippen molar-refractivity contribution in [2.24, 2.45) is 0 Å². The molecule has 0 atom stereocenters. The van der Waals surface area contributed by atoms with E-state index in [-0.39, 0.29) is 12.3 Å². The molecule has 1 aliphatic heterocycles. The molecule has 0 saturated carbocycles. The lowest BCUT2D eigenvalue weighted by Crippen LogP contribution is -2.38. The number of imide groups is 1. The Labute approximate surface area is 221 Å². The maximum Gasteiger partial charge on any atom is 0.329 e. The van der Waals surface area contributed by atoms with Crippen LogP contribution in [0.15, 0.2) is 72.4 Å². The second-order valence-electron chi connectivity index (χ2n) is 8.04. The Morgan fingerprint density at radius 3 is 2.69 bits per heavy atom. The number of carbonyl (C=O) groups is 3. The van der Waals surface area contributed by atoms with E-state index in [1.54, 1.807) is 42.5 Å². The molecule has 0 radical (unpaired) electrons. The van der Waals surface area contributed by atoms with Crippen LogP contribution in [0.4, 0.5) is 10.5 Å². The lowest BCUT2D eigenvalue weighted by molar-refractivity contribution is -0.127. The van der Waals surface area contributed by atoms with Crippen molar-refractivity contribution < 1.29 is 19.1 Å². The lowest BCUT2D eigenvalue weighted by Gasteiger charge is -2.12. The smallest absolute Gasteiger partial charge is 0.329 e. The first-order chi connectivity index (χ1) is 17.3. The van der Waals surface area contributed by atoms with Crippen molar-refractivity contribution >= 4 is 52.2 Å². The van der Waals surface area contributed by atoms with Crippen molar-refractivity contribution in [3.8, 4) is 11.8 Å². The molecule has 3 aromatic rings. The SMILES string of the molecule is Cc1cccc(NC(=O)CN2C(=O)N/C(=C/c3ccc(OCc4ccccc4C#N)c(I)c3)C2=O)c1. The Hall–Kier alpha value is -4.17. The maximum absolute atomic E-state index is 12.8. The van der Waals surface area contributed by atoms with Crippen LogP contribution in [0.5, 0.6) is 5.75 Å². The summed E-state index contributed by atoms with van der Waals surface area (Å²) in [5, 5.41) is 14.5. The molecule has 9 heteroatoms. The summed E-state index contributed by atoms with van der Waals surface area (Å²) in [6.07, 6.45) is 1.55. The minimum absolute atomic E-state index is 0.0794. The Bertz CT molecular complexity index is 1430. The molecule has 0 unspecified atom stereocenters. The van der Waals surface area contributed by atoms with Gasteiger partial charge in [-0.2, -0.15) is 5.26 Å². The number of amides is 4. The summed E-state index contributed by atoms with van der Waals surface area (Å²) in [7, 11) is 0. The van der Waals surface area contributed by atoms with Crippen LogP contribution < -0.4 is 15.4 Å². The molecule has 1 heterocycles. The summed E-state index contributed by atoms with van der Waals surface area (Å²) in [6.45, 7) is 1.75. The van der Waals surface area contributed by atoms with Gasteiger partial charge in [-0.1, -0.05) is 36.4 Å². The summed E-state index contributed by atoms with van der Waals surface area (Å²) in [4.78, 5) is 38.4. The van der Waals surface area contributed by atoms with Crippen molar-refractivity contribution in [1.29, 1.82) is 5.26 Å². The largest absolute Gasteiger partial charge is 0.488 e. The molecule has 3 aromatic carbocycles. The zero-order valence-corrected chi connectivity index (χ0v) is 21.4. The fourth-order valence-electron chi connectivity index (χ4n) is 3.58. The predicted octanol–water partition coefficient (Wildman–Crippen LogP) is 4.58.